The highest BCUT2D eigenvalue weighted by Crippen LogP contribution is 2.18. The predicted octanol–water partition coefficient (Wildman–Crippen LogP) is 3.71. The van der Waals surface area contributed by atoms with Crippen molar-refractivity contribution in [3.8, 4) is 5.75 Å². The first kappa shape index (κ1) is 18.6. The normalized spacial score (nSPS) is 10.6. The SMILES string of the molecule is CC(C)Oc1cccc(C(=O)NC(=S)Nc2ccc3oc(=O)ccc3c2)c1. The van der Waals surface area contributed by atoms with E-state index in [2.05, 4.69) is 10.6 Å². The molecule has 7 heteroatoms. The lowest BCUT2D eigenvalue weighted by Gasteiger charge is -2.12. The van der Waals surface area contributed by atoms with Crippen LogP contribution in [0.4, 0.5) is 5.69 Å². The number of nitrogens with one attached hydrogen (secondary N) is 2. The molecule has 2 aromatic carbocycles. The molecule has 1 amide bonds. The minimum Gasteiger partial charge on any atom is -0.491 e. The molecule has 3 rings (SSSR count). The topological polar surface area (TPSA) is 80.6 Å². The number of carbonyl (C=O) groups excluding carboxylic acids is 1. The quantitative estimate of drug-likeness (QED) is 0.529. The van der Waals surface area contributed by atoms with Gasteiger partial charge in [0.15, 0.2) is 5.11 Å². The van der Waals surface area contributed by atoms with Crippen molar-refractivity contribution in [2.24, 2.45) is 0 Å². The van der Waals surface area contributed by atoms with Gasteiger partial charge in [-0.15, -0.1) is 0 Å². The molecule has 0 saturated heterocycles. The van der Waals surface area contributed by atoms with Crippen LogP contribution in [0.2, 0.25) is 0 Å². The van der Waals surface area contributed by atoms with Crippen LogP contribution in [-0.2, 0) is 0 Å². The molecule has 1 heterocycles. The van der Waals surface area contributed by atoms with Crippen molar-refractivity contribution in [3.63, 3.8) is 0 Å². The van der Waals surface area contributed by atoms with Gasteiger partial charge in [-0.1, -0.05) is 6.07 Å². The van der Waals surface area contributed by atoms with Gasteiger partial charge in [0.25, 0.3) is 5.91 Å². The fourth-order valence-electron chi connectivity index (χ4n) is 2.47. The van der Waals surface area contributed by atoms with Gasteiger partial charge in [0, 0.05) is 22.7 Å². The highest BCUT2D eigenvalue weighted by molar-refractivity contribution is 7.80. The minimum absolute atomic E-state index is 0.0170. The second kappa shape index (κ2) is 8.01. The monoisotopic (exact) mass is 382 g/mol. The fourth-order valence-corrected chi connectivity index (χ4v) is 2.68. The van der Waals surface area contributed by atoms with E-state index in [1.54, 1.807) is 48.5 Å². The van der Waals surface area contributed by atoms with Crippen LogP contribution in [-0.4, -0.2) is 17.1 Å². The molecular formula is C20H18N2O4S. The molecule has 0 aliphatic heterocycles. The number of ether oxygens (including phenoxy) is 1. The van der Waals surface area contributed by atoms with E-state index in [0.717, 1.165) is 5.39 Å². The zero-order valence-electron chi connectivity index (χ0n) is 14.8. The Labute approximate surface area is 161 Å². The van der Waals surface area contributed by atoms with Crippen LogP contribution in [0.15, 0.2) is 63.8 Å². The highest BCUT2D eigenvalue weighted by Gasteiger charge is 2.10. The van der Waals surface area contributed by atoms with Gasteiger partial charge >= 0.3 is 5.63 Å². The van der Waals surface area contributed by atoms with E-state index in [9.17, 15) is 9.59 Å². The first-order valence-electron chi connectivity index (χ1n) is 8.34. The molecule has 0 aliphatic carbocycles. The van der Waals surface area contributed by atoms with E-state index in [4.69, 9.17) is 21.4 Å². The van der Waals surface area contributed by atoms with Gasteiger partial charge in [-0.3, -0.25) is 10.1 Å². The molecular weight excluding hydrogens is 364 g/mol. The first-order chi connectivity index (χ1) is 12.9. The highest BCUT2D eigenvalue weighted by atomic mass is 32.1. The molecule has 0 aliphatic rings. The van der Waals surface area contributed by atoms with E-state index in [0.29, 0.717) is 22.6 Å². The molecule has 6 nitrogen and oxygen atoms in total. The largest absolute Gasteiger partial charge is 0.491 e. The number of benzene rings is 2. The summed E-state index contributed by atoms with van der Waals surface area (Å²) in [5.74, 6) is 0.279. The Bertz CT molecular complexity index is 1060. The summed E-state index contributed by atoms with van der Waals surface area (Å²) in [5, 5.41) is 6.48. The van der Waals surface area contributed by atoms with Crippen LogP contribution in [0.1, 0.15) is 24.2 Å². The number of rotatable bonds is 4. The van der Waals surface area contributed by atoms with Crippen molar-refractivity contribution in [1.29, 1.82) is 0 Å². The second-order valence-electron chi connectivity index (χ2n) is 6.11. The van der Waals surface area contributed by atoms with Crippen LogP contribution >= 0.6 is 12.2 Å². The number of hydrogen-bond donors (Lipinski definition) is 2. The molecule has 1 aromatic heterocycles. The summed E-state index contributed by atoms with van der Waals surface area (Å²) in [6, 6.07) is 15.0. The van der Waals surface area contributed by atoms with Crippen LogP contribution in [0.25, 0.3) is 11.0 Å². The Kier molecular flexibility index (Phi) is 5.52. The first-order valence-corrected chi connectivity index (χ1v) is 8.74. The van der Waals surface area contributed by atoms with Gasteiger partial charge in [-0.25, -0.2) is 4.79 Å². The van der Waals surface area contributed by atoms with Crippen LogP contribution in [0, 0.1) is 0 Å². The van der Waals surface area contributed by atoms with Crippen molar-refractivity contribution >= 4 is 39.9 Å². The van der Waals surface area contributed by atoms with Gasteiger partial charge in [0.05, 0.1) is 6.10 Å². The maximum absolute atomic E-state index is 12.4. The van der Waals surface area contributed by atoms with Gasteiger partial charge in [-0.05, 0) is 68.5 Å². The molecule has 0 saturated carbocycles. The summed E-state index contributed by atoms with van der Waals surface area (Å²) in [6.07, 6.45) is 0.0170. The average molecular weight is 382 g/mol. The Morgan fingerprint density at radius 1 is 1.11 bits per heavy atom. The van der Waals surface area contributed by atoms with Crippen LogP contribution in [0.5, 0.6) is 5.75 Å². The standard InChI is InChI=1S/C20H18N2O4S/c1-12(2)25-16-5-3-4-14(11-16)19(24)22-20(27)21-15-7-8-17-13(10-15)6-9-18(23)26-17/h3-12H,1-2H3,(H2,21,22,24,27). The van der Waals surface area contributed by atoms with Crippen LogP contribution < -0.4 is 21.0 Å². The second-order valence-corrected chi connectivity index (χ2v) is 6.52. The molecule has 0 unspecified atom stereocenters. The van der Waals surface area contributed by atoms with Crippen molar-refractivity contribution in [1.82, 2.24) is 5.32 Å². The molecule has 0 atom stereocenters. The summed E-state index contributed by atoms with van der Waals surface area (Å²) in [6.45, 7) is 3.83. The number of anilines is 1. The van der Waals surface area contributed by atoms with Crippen LogP contribution in [0.3, 0.4) is 0 Å². The molecule has 0 bridgehead atoms. The van der Waals surface area contributed by atoms with E-state index >= 15 is 0 Å². The molecule has 138 valence electrons. The van der Waals surface area contributed by atoms with E-state index in [-0.39, 0.29) is 17.1 Å². The molecule has 0 fully saturated rings. The molecule has 0 spiro atoms. The lowest BCUT2D eigenvalue weighted by Crippen LogP contribution is -2.34. The maximum Gasteiger partial charge on any atom is 0.336 e. The number of carbonyl (C=O) groups is 1. The number of hydrogen-bond acceptors (Lipinski definition) is 5. The van der Waals surface area contributed by atoms with Gasteiger partial charge in [0.2, 0.25) is 0 Å². The maximum atomic E-state index is 12.4. The molecule has 0 radical (unpaired) electrons. The molecule has 27 heavy (non-hydrogen) atoms. The van der Waals surface area contributed by atoms with Crippen molar-refractivity contribution < 1.29 is 13.9 Å². The van der Waals surface area contributed by atoms with E-state index in [1.807, 2.05) is 13.8 Å². The Balaban J connectivity index is 1.67. The fraction of sp³-hybridized carbons (Fsp3) is 0.150. The van der Waals surface area contributed by atoms with Gasteiger partial charge in [0.1, 0.15) is 11.3 Å². The minimum atomic E-state index is -0.408. The van der Waals surface area contributed by atoms with Crippen molar-refractivity contribution in [2.45, 2.75) is 20.0 Å². The zero-order valence-corrected chi connectivity index (χ0v) is 15.6. The molecule has 2 N–H and O–H groups in total. The number of fused-ring (bicyclic) bond motifs is 1. The lowest BCUT2D eigenvalue weighted by molar-refractivity contribution is 0.0977. The zero-order chi connectivity index (χ0) is 19.4. The summed E-state index contributed by atoms with van der Waals surface area (Å²) in [5.41, 5.74) is 1.18. The Hall–Kier alpha value is -3.19. The van der Waals surface area contributed by atoms with E-state index in [1.165, 1.54) is 6.07 Å². The summed E-state index contributed by atoms with van der Waals surface area (Å²) in [7, 11) is 0. The van der Waals surface area contributed by atoms with Crippen molar-refractivity contribution in [2.75, 3.05) is 5.32 Å². The number of thiocarbonyl (C=S) groups is 1. The van der Waals surface area contributed by atoms with Gasteiger partial charge in [-0.2, -0.15) is 0 Å². The lowest BCUT2D eigenvalue weighted by atomic mass is 10.2. The third-order valence-corrected chi connectivity index (χ3v) is 3.78. The smallest absolute Gasteiger partial charge is 0.336 e. The summed E-state index contributed by atoms with van der Waals surface area (Å²) >= 11 is 5.21. The van der Waals surface area contributed by atoms with E-state index < -0.39 is 5.63 Å². The summed E-state index contributed by atoms with van der Waals surface area (Å²) < 4.78 is 10.7. The molecule has 3 aromatic rings. The average Bonchev–Trinajstić information content (AvgIpc) is 2.61. The third-order valence-electron chi connectivity index (χ3n) is 3.57. The van der Waals surface area contributed by atoms with Gasteiger partial charge < -0.3 is 14.5 Å². The third kappa shape index (κ3) is 4.92. The predicted molar refractivity (Wildman–Crippen MR) is 108 cm³/mol. The number of amides is 1. The Morgan fingerprint density at radius 2 is 1.93 bits per heavy atom. The van der Waals surface area contributed by atoms with Crippen molar-refractivity contribution in [3.05, 3.63) is 70.6 Å². The summed E-state index contributed by atoms with van der Waals surface area (Å²) in [4.78, 5) is 23.6. The Morgan fingerprint density at radius 3 is 2.70 bits per heavy atom.